The Labute approximate surface area is 229 Å². The number of nitrogens with zero attached hydrogens (tertiary/aromatic N) is 1. The molecule has 3 N–H and O–H groups in total. The Balaban J connectivity index is 1.48. The van der Waals surface area contributed by atoms with Crippen LogP contribution in [0.2, 0.25) is 0 Å². The van der Waals surface area contributed by atoms with E-state index in [0.29, 0.717) is 25.8 Å². The molecule has 4 rings (SSSR count). The number of rotatable bonds is 10. The van der Waals surface area contributed by atoms with E-state index in [1.54, 1.807) is 4.90 Å². The summed E-state index contributed by atoms with van der Waals surface area (Å²) in [5.41, 5.74) is 2.68. The van der Waals surface area contributed by atoms with Crippen molar-refractivity contribution in [3.05, 3.63) is 77.9 Å². The SMILES string of the molecule is CCCNC(=O)[C@@H](Cc1ccc2ccccc2c1)NC(=O)CCN1C(=O)C(NC(C)=O)CCc2ccccc21. The van der Waals surface area contributed by atoms with E-state index in [4.69, 9.17) is 0 Å². The van der Waals surface area contributed by atoms with Crippen LogP contribution in [0.25, 0.3) is 10.8 Å². The van der Waals surface area contributed by atoms with E-state index in [2.05, 4.69) is 16.0 Å². The fourth-order valence-electron chi connectivity index (χ4n) is 4.99. The average Bonchev–Trinajstić information content (AvgIpc) is 3.06. The van der Waals surface area contributed by atoms with Gasteiger partial charge in [0.25, 0.3) is 0 Å². The maximum Gasteiger partial charge on any atom is 0.249 e. The minimum Gasteiger partial charge on any atom is -0.354 e. The topological polar surface area (TPSA) is 108 Å². The molecule has 1 unspecified atom stereocenters. The van der Waals surface area contributed by atoms with E-state index < -0.39 is 12.1 Å². The van der Waals surface area contributed by atoms with Crippen molar-refractivity contribution in [2.45, 2.75) is 58.0 Å². The molecule has 0 fully saturated rings. The number of hydrogen-bond acceptors (Lipinski definition) is 4. The lowest BCUT2D eigenvalue weighted by Gasteiger charge is -2.26. The molecule has 4 amide bonds. The van der Waals surface area contributed by atoms with Crippen LogP contribution in [0.3, 0.4) is 0 Å². The first kappa shape index (κ1) is 27.8. The summed E-state index contributed by atoms with van der Waals surface area (Å²) < 4.78 is 0. The summed E-state index contributed by atoms with van der Waals surface area (Å²) in [5, 5.41) is 10.7. The van der Waals surface area contributed by atoms with Crippen molar-refractivity contribution in [1.82, 2.24) is 16.0 Å². The molecular weight excluding hydrogens is 492 g/mol. The van der Waals surface area contributed by atoms with Gasteiger partial charge in [-0.1, -0.05) is 67.6 Å². The van der Waals surface area contributed by atoms with Gasteiger partial charge in [-0.25, -0.2) is 0 Å². The summed E-state index contributed by atoms with van der Waals surface area (Å²) in [4.78, 5) is 52.8. The van der Waals surface area contributed by atoms with Gasteiger partial charge in [0.2, 0.25) is 23.6 Å². The van der Waals surface area contributed by atoms with E-state index in [1.165, 1.54) is 6.92 Å². The number of amides is 4. The summed E-state index contributed by atoms with van der Waals surface area (Å²) in [6.07, 6.45) is 2.28. The van der Waals surface area contributed by atoms with Crippen molar-refractivity contribution < 1.29 is 19.2 Å². The highest BCUT2D eigenvalue weighted by Crippen LogP contribution is 2.27. The Bertz CT molecular complexity index is 1360. The molecule has 0 saturated carbocycles. The first-order valence-electron chi connectivity index (χ1n) is 13.6. The lowest BCUT2D eigenvalue weighted by atomic mass is 10.0. The quantitative estimate of drug-likeness (QED) is 0.375. The number of carbonyl (C=O) groups is 4. The van der Waals surface area contributed by atoms with Gasteiger partial charge in [0.15, 0.2) is 0 Å². The third-order valence-corrected chi connectivity index (χ3v) is 6.94. The van der Waals surface area contributed by atoms with Gasteiger partial charge in [-0.15, -0.1) is 0 Å². The lowest BCUT2D eigenvalue weighted by molar-refractivity contribution is -0.129. The summed E-state index contributed by atoms with van der Waals surface area (Å²) >= 11 is 0. The summed E-state index contributed by atoms with van der Waals surface area (Å²) in [5.74, 6) is -1.07. The van der Waals surface area contributed by atoms with Crippen LogP contribution in [0.5, 0.6) is 0 Å². The van der Waals surface area contributed by atoms with Gasteiger partial charge in [0.1, 0.15) is 12.1 Å². The summed E-state index contributed by atoms with van der Waals surface area (Å²) in [7, 11) is 0. The summed E-state index contributed by atoms with van der Waals surface area (Å²) in [6, 6.07) is 20.2. The molecule has 1 aliphatic heterocycles. The summed E-state index contributed by atoms with van der Waals surface area (Å²) in [6.45, 7) is 4.02. The van der Waals surface area contributed by atoms with Gasteiger partial charge in [-0.2, -0.15) is 0 Å². The second-order valence-corrected chi connectivity index (χ2v) is 9.96. The Hall–Kier alpha value is -4.20. The largest absolute Gasteiger partial charge is 0.354 e. The fraction of sp³-hybridized carbons (Fsp3) is 0.355. The first-order valence-corrected chi connectivity index (χ1v) is 13.6. The second-order valence-electron chi connectivity index (χ2n) is 9.96. The Morgan fingerprint density at radius 3 is 2.51 bits per heavy atom. The van der Waals surface area contributed by atoms with Gasteiger partial charge >= 0.3 is 0 Å². The fourth-order valence-corrected chi connectivity index (χ4v) is 4.99. The zero-order valence-electron chi connectivity index (χ0n) is 22.5. The predicted octanol–water partition coefficient (Wildman–Crippen LogP) is 3.27. The molecule has 0 radical (unpaired) electrons. The van der Waals surface area contributed by atoms with Gasteiger partial charge in [0, 0.05) is 38.5 Å². The monoisotopic (exact) mass is 528 g/mol. The van der Waals surface area contributed by atoms with Gasteiger partial charge in [-0.05, 0) is 47.2 Å². The normalized spacial score (nSPS) is 15.7. The lowest BCUT2D eigenvalue weighted by Crippen LogP contribution is -2.50. The number of nitrogens with one attached hydrogen (secondary N) is 3. The highest BCUT2D eigenvalue weighted by Gasteiger charge is 2.31. The van der Waals surface area contributed by atoms with Crippen molar-refractivity contribution in [2.24, 2.45) is 0 Å². The predicted molar refractivity (Wildman–Crippen MR) is 152 cm³/mol. The number of anilines is 1. The Morgan fingerprint density at radius 1 is 1.00 bits per heavy atom. The van der Waals surface area contributed by atoms with Crippen LogP contribution < -0.4 is 20.9 Å². The molecular formula is C31H36N4O4. The van der Waals surface area contributed by atoms with Crippen molar-refractivity contribution in [1.29, 1.82) is 0 Å². The zero-order valence-corrected chi connectivity index (χ0v) is 22.5. The second kappa shape index (κ2) is 13.0. The third kappa shape index (κ3) is 7.22. The maximum absolute atomic E-state index is 13.4. The highest BCUT2D eigenvalue weighted by atomic mass is 16.2. The van der Waals surface area contributed by atoms with E-state index >= 15 is 0 Å². The van der Waals surface area contributed by atoms with Crippen LogP contribution in [0, 0.1) is 0 Å². The molecule has 8 heteroatoms. The van der Waals surface area contributed by atoms with Crippen molar-refractivity contribution >= 4 is 40.1 Å². The standard InChI is InChI=1S/C31H36N4O4/c1-3-17-32-30(38)27(20-22-12-13-23-8-4-5-10-25(23)19-22)34-29(37)16-18-35-28-11-7-6-9-24(28)14-15-26(31(35)39)33-21(2)36/h4-13,19,26-27H,3,14-18,20H2,1-2H3,(H,32,38)(H,33,36)(H,34,37)/t26?,27-/m1/s1. The van der Waals surface area contributed by atoms with E-state index in [-0.39, 0.29) is 36.6 Å². The zero-order chi connectivity index (χ0) is 27.8. The molecule has 8 nitrogen and oxygen atoms in total. The smallest absolute Gasteiger partial charge is 0.249 e. The molecule has 1 heterocycles. The molecule has 2 atom stereocenters. The molecule has 3 aromatic carbocycles. The van der Waals surface area contributed by atoms with Gasteiger partial charge < -0.3 is 20.9 Å². The average molecular weight is 529 g/mol. The Kier molecular flexibility index (Phi) is 9.31. The molecule has 0 spiro atoms. The molecule has 0 bridgehead atoms. The number of para-hydroxylation sites is 1. The number of hydrogen-bond donors (Lipinski definition) is 3. The molecule has 204 valence electrons. The number of benzene rings is 3. The third-order valence-electron chi connectivity index (χ3n) is 6.94. The van der Waals surface area contributed by atoms with Crippen molar-refractivity contribution in [3.63, 3.8) is 0 Å². The van der Waals surface area contributed by atoms with Gasteiger partial charge in [0.05, 0.1) is 0 Å². The molecule has 0 saturated heterocycles. The molecule has 1 aliphatic rings. The van der Waals surface area contributed by atoms with E-state index in [9.17, 15) is 19.2 Å². The van der Waals surface area contributed by atoms with Crippen LogP contribution in [-0.2, 0) is 32.0 Å². The number of aryl methyl sites for hydroxylation is 1. The molecule has 0 aliphatic carbocycles. The number of fused-ring (bicyclic) bond motifs is 2. The maximum atomic E-state index is 13.4. The molecule has 39 heavy (non-hydrogen) atoms. The van der Waals surface area contributed by atoms with E-state index in [0.717, 1.165) is 34.0 Å². The minimum absolute atomic E-state index is 0.0160. The first-order chi connectivity index (χ1) is 18.9. The van der Waals surface area contributed by atoms with Gasteiger partial charge in [-0.3, -0.25) is 19.2 Å². The van der Waals surface area contributed by atoms with Crippen LogP contribution in [0.4, 0.5) is 5.69 Å². The van der Waals surface area contributed by atoms with Crippen molar-refractivity contribution in [2.75, 3.05) is 18.0 Å². The van der Waals surface area contributed by atoms with Crippen LogP contribution in [0.15, 0.2) is 66.7 Å². The number of carbonyl (C=O) groups excluding carboxylic acids is 4. The molecule has 0 aromatic heterocycles. The van der Waals surface area contributed by atoms with Crippen LogP contribution in [-0.4, -0.2) is 48.8 Å². The Morgan fingerprint density at radius 2 is 1.74 bits per heavy atom. The highest BCUT2D eigenvalue weighted by molar-refractivity contribution is 6.01. The minimum atomic E-state index is -0.746. The van der Waals surface area contributed by atoms with E-state index in [1.807, 2.05) is 73.7 Å². The van der Waals surface area contributed by atoms with Crippen LogP contribution >= 0.6 is 0 Å². The van der Waals surface area contributed by atoms with Crippen molar-refractivity contribution in [3.8, 4) is 0 Å². The van der Waals surface area contributed by atoms with Crippen LogP contribution in [0.1, 0.15) is 44.2 Å². The molecule has 3 aromatic rings.